The van der Waals surface area contributed by atoms with Crippen LogP contribution in [0.2, 0.25) is 0 Å². The number of nitrogens with two attached hydrogens (primary N) is 1. The van der Waals surface area contributed by atoms with Gasteiger partial charge in [-0.05, 0) is 5.41 Å². The van der Waals surface area contributed by atoms with Gasteiger partial charge in [0.05, 0.1) is 5.97 Å². The molecule has 0 aromatic heterocycles. The second kappa shape index (κ2) is 4.34. The fourth-order valence-electron chi connectivity index (χ4n) is 0.354. The molecular formula is C6H12NNaO2. The molecule has 54 valence electrons. The molecule has 0 bridgehead atoms. The van der Waals surface area contributed by atoms with Crippen molar-refractivity contribution in [1.29, 1.82) is 0 Å². The fraction of sp³-hybridized carbons (Fsp3) is 0.833. The van der Waals surface area contributed by atoms with Crippen LogP contribution in [0.1, 0.15) is 20.8 Å². The molecule has 0 heterocycles. The molecular weight excluding hydrogens is 141 g/mol. The number of carboxylic acid groups (broad SMARTS) is 1. The molecule has 0 fully saturated rings. The zero-order chi connectivity index (χ0) is 7.65. The molecule has 0 radical (unpaired) electrons. The first-order valence-electron chi connectivity index (χ1n) is 2.82. The maximum atomic E-state index is 10.1. The largest absolute Gasteiger partial charge is 1.00 e. The Balaban J connectivity index is 0. The molecule has 10 heavy (non-hydrogen) atoms. The maximum absolute atomic E-state index is 10.1. The molecule has 0 amide bonds. The Kier molecular flexibility index (Phi) is 5.66. The molecule has 3 nitrogen and oxygen atoms in total. The van der Waals surface area contributed by atoms with Crippen LogP contribution in [0.4, 0.5) is 0 Å². The monoisotopic (exact) mass is 153 g/mol. The average Bonchev–Trinajstić information content (AvgIpc) is 1.62. The van der Waals surface area contributed by atoms with Gasteiger partial charge in [0.1, 0.15) is 0 Å². The number of aliphatic carboxylic acids is 1. The van der Waals surface area contributed by atoms with E-state index in [9.17, 15) is 9.90 Å². The number of hydrogen-bond donors (Lipinski definition) is 1. The Morgan fingerprint density at radius 2 is 1.80 bits per heavy atom. The van der Waals surface area contributed by atoms with Gasteiger partial charge in [0.25, 0.3) is 0 Å². The van der Waals surface area contributed by atoms with Gasteiger partial charge in [-0.15, -0.1) is 0 Å². The fourth-order valence-corrected chi connectivity index (χ4v) is 0.354. The topological polar surface area (TPSA) is 66.2 Å². The van der Waals surface area contributed by atoms with Crippen LogP contribution in [0, 0.1) is 5.41 Å². The number of rotatable bonds is 1. The van der Waals surface area contributed by atoms with Crippen LogP contribution in [-0.4, -0.2) is 12.0 Å². The Morgan fingerprint density at radius 3 is 1.80 bits per heavy atom. The normalized spacial score (nSPS) is 13.6. The van der Waals surface area contributed by atoms with Gasteiger partial charge in [0.15, 0.2) is 0 Å². The van der Waals surface area contributed by atoms with Crippen molar-refractivity contribution in [2.75, 3.05) is 0 Å². The summed E-state index contributed by atoms with van der Waals surface area (Å²) in [5, 5.41) is 10.1. The molecule has 2 N–H and O–H groups in total. The van der Waals surface area contributed by atoms with E-state index in [1.54, 1.807) is 20.8 Å². The summed E-state index contributed by atoms with van der Waals surface area (Å²) in [5.41, 5.74) is 4.83. The molecule has 0 aliphatic heterocycles. The summed E-state index contributed by atoms with van der Waals surface area (Å²) in [5.74, 6) is -1.19. The third-order valence-electron chi connectivity index (χ3n) is 1.19. The summed E-state index contributed by atoms with van der Waals surface area (Å²) in [4.78, 5) is 10.1. The Labute approximate surface area is 83.3 Å². The summed E-state index contributed by atoms with van der Waals surface area (Å²) in [7, 11) is 0. The van der Waals surface area contributed by atoms with Crippen molar-refractivity contribution in [1.82, 2.24) is 0 Å². The van der Waals surface area contributed by atoms with E-state index in [2.05, 4.69) is 0 Å². The average molecular weight is 153 g/mol. The van der Waals surface area contributed by atoms with Crippen LogP contribution in [0.15, 0.2) is 0 Å². The van der Waals surface area contributed by atoms with Gasteiger partial charge in [0, 0.05) is 6.04 Å². The van der Waals surface area contributed by atoms with Crippen molar-refractivity contribution in [3.63, 3.8) is 0 Å². The van der Waals surface area contributed by atoms with E-state index in [0.717, 1.165) is 0 Å². The van der Waals surface area contributed by atoms with E-state index >= 15 is 0 Å². The zero-order valence-electron chi connectivity index (χ0n) is 6.97. The van der Waals surface area contributed by atoms with Gasteiger partial charge in [-0.25, -0.2) is 0 Å². The molecule has 0 aliphatic carbocycles. The Morgan fingerprint density at radius 1 is 1.50 bits per heavy atom. The van der Waals surface area contributed by atoms with Crippen molar-refractivity contribution in [3.8, 4) is 0 Å². The summed E-state index contributed by atoms with van der Waals surface area (Å²) in [6, 6.07) is -0.877. The quantitative estimate of drug-likeness (QED) is 0.392. The van der Waals surface area contributed by atoms with Crippen LogP contribution in [-0.2, 0) is 4.79 Å². The zero-order valence-corrected chi connectivity index (χ0v) is 8.97. The SMILES string of the molecule is CC(C)(C)[C@H](N)C(=O)[O-].[Na+]. The van der Waals surface area contributed by atoms with E-state index in [1.807, 2.05) is 0 Å². The predicted molar refractivity (Wildman–Crippen MR) is 32.4 cm³/mol. The van der Waals surface area contributed by atoms with Crippen LogP contribution in [0.3, 0.4) is 0 Å². The molecule has 0 spiro atoms. The molecule has 0 unspecified atom stereocenters. The summed E-state index contributed by atoms with van der Waals surface area (Å²) < 4.78 is 0. The van der Waals surface area contributed by atoms with Gasteiger partial charge in [-0.2, -0.15) is 0 Å². The minimum Gasteiger partial charge on any atom is -0.548 e. The van der Waals surface area contributed by atoms with E-state index in [4.69, 9.17) is 5.73 Å². The molecule has 4 heteroatoms. The Bertz CT molecular complexity index is 119. The van der Waals surface area contributed by atoms with Gasteiger partial charge in [-0.1, -0.05) is 20.8 Å². The van der Waals surface area contributed by atoms with Crippen LogP contribution >= 0.6 is 0 Å². The van der Waals surface area contributed by atoms with E-state index in [-0.39, 0.29) is 29.6 Å². The summed E-state index contributed by atoms with van der Waals surface area (Å²) in [6.45, 7) is 5.27. The minimum absolute atomic E-state index is 0. The number of carbonyl (C=O) groups excluding carboxylic acids is 1. The van der Waals surface area contributed by atoms with Crippen molar-refractivity contribution >= 4 is 5.97 Å². The van der Waals surface area contributed by atoms with Crippen LogP contribution in [0.25, 0.3) is 0 Å². The molecule has 0 rings (SSSR count). The van der Waals surface area contributed by atoms with Gasteiger partial charge in [0.2, 0.25) is 0 Å². The second-order valence-electron chi connectivity index (χ2n) is 3.16. The molecule has 0 aromatic rings. The van der Waals surface area contributed by atoms with Gasteiger partial charge >= 0.3 is 29.6 Å². The predicted octanol–water partition coefficient (Wildman–Crippen LogP) is -3.89. The number of hydrogen-bond acceptors (Lipinski definition) is 3. The first-order valence-corrected chi connectivity index (χ1v) is 2.82. The smallest absolute Gasteiger partial charge is 0.548 e. The van der Waals surface area contributed by atoms with E-state index in [1.165, 1.54) is 0 Å². The molecule has 0 saturated heterocycles. The number of carbonyl (C=O) groups is 1. The van der Waals surface area contributed by atoms with E-state index in [0.29, 0.717) is 0 Å². The number of carboxylic acids is 1. The molecule has 0 aliphatic rings. The first-order chi connectivity index (χ1) is 3.85. The van der Waals surface area contributed by atoms with Crippen LogP contribution < -0.4 is 40.4 Å². The van der Waals surface area contributed by atoms with Crippen molar-refractivity contribution in [2.45, 2.75) is 26.8 Å². The molecule has 0 saturated carbocycles. The van der Waals surface area contributed by atoms with Crippen molar-refractivity contribution < 1.29 is 39.5 Å². The van der Waals surface area contributed by atoms with Crippen LogP contribution in [0.5, 0.6) is 0 Å². The standard InChI is InChI=1S/C6H13NO2.Na/c1-6(2,3)4(7)5(8)9;/h4H,7H2,1-3H3,(H,8,9);/q;+1/p-1/t4-;/m1./s1. The summed E-state index contributed by atoms with van der Waals surface area (Å²) >= 11 is 0. The van der Waals surface area contributed by atoms with Gasteiger partial charge in [-0.3, -0.25) is 0 Å². The van der Waals surface area contributed by atoms with Crippen molar-refractivity contribution in [3.05, 3.63) is 0 Å². The maximum Gasteiger partial charge on any atom is 1.00 e. The molecule has 0 aromatic carbocycles. The first kappa shape index (κ1) is 13.1. The molecule has 1 atom stereocenters. The minimum atomic E-state index is -1.19. The third-order valence-corrected chi connectivity index (χ3v) is 1.19. The van der Waals surface area contributed by atoms with E-state index < -0.39 is 17.4 Å². The summed E-state index contributed by atoms with van der Waals surface area (Å²) in [6.07, 6.45) is 0. The van der Waals surface area contributed by atoms with Crippen molar-refractivity contribution in [2.24, 2.45) is 11.1 Å². The second-order valence-corrected chi connectivity index (χ2v) is 3.16. The van der Waals surface area contributed by atoms with Gasteiger partial charge < -0.3 is 15.6 Å². The Hall–Kier alpha value is 0.430. The third kappa shape index (κ3) is 4.28.